The highest BCUT2D eigenvalue weighted by Crippen LogP contribution is 2.49. The van der Waals surface area contributed by atoms with Gasteiger partial charge in [0.15, 0.2) is 0 Å². The maximum Gasteiger partial charge on any atom is 0.363 e. The van der Waals surface area contributed by atoms with Gasteiger partial charge in [-0.1, -0.05) is 18.2 Å². The van der Waals surface area contributed by atoms with Crippen molar-refractivity contribution >= 4 is 23.8 Å². The van der Waals surface area contributed by atoms with Crippen molar-refractivity contribution < 1.29 is 18.8 Å². The summed E-state index contributed by atoms with van der Waals surface area (Å²) in [6.45, 7) is 5.78. The molecule has 0 bridgehead atoms. The molecule has 5 nitrogen and oxygen atoms in total. The molecule has 1 aromatic carbocycles. The van der Waals surface area contributed by atoms with E-state index in [2.05, 4.69) is 0 Å². The van der Waals surface area contributed by atoms with Crippen LogP contribution in [0.4, 0.5) is 0 Å². The van der Waals surface area contributed by atoms with Crippen LogP contribution in [-0.4, -0.2) is 23.2 Å². The molecule has 1 heterocycles. The Kier molecular flexibility index (Phi) is 3.99. The molecule has 0 saturated heterocycles. The molecule has 2 aromatic rings. The van der Waals surface area contributed by atoms with Crippen molar-refractivity contribution in [2.24, 2.45) is 0 Å². The molecule has 1 aromatic heterocycles. The van der Waals surface area contributed by atoms with Crippen molar-refractivity contribution in [2.45, 2.75) is 20.8 Å². The van der Waals surface area contributed by atoms with E-state index in [-0.39, 0.29) is 13.2 Å². The summed E-state index contributed by atoms with van der Waals surface area (Å²) in [6, 6.07) is 7.20. The highest BCUT2D eigenvalue weighted by Gasteiger charge is 2.33. The molecular weight excluding hydrogens is 265 g/mol. The predicted octanol–water partition coefficient (Wildman–Crippen LogP) is 3.08. The van der Waals surface area contributed by atoms with Crippen LogP contribution in [0, 0.1) is 6.92 Å². The zero-order valence-corrected chi connectivity index (χ0v) is 12.2. The van der Waals surface area contributed by atoms with Crippen molar-refractivity contribution in [3.05, 3.63) is 30.0 Å². The van der Waals surface area contributed by atoms with Gasteiger partial charge in [-0.05, 0) is 26.8 Å². The molecule has 0 radical (unpaired) electrons. The average molecular weight is 283 g/mol. The van der Waals surface area contributed by atoms with Crippen LogP contribution in [0.15, 0.2) is 24.3 Å². The smallest absolute Gasteiger partial charge is 0.363 e. The Morgan fingerprint density at radius 2 is 1.79 bits per heavy atom. The van der Waals surface area contributed by atoms with Gasteiger partial charge in [0.25, 0.3) is 0 Å². The van der Waals surface area contributed by atoms with E-state index in [9.17, 15) is 9.77 Å². The Labute approximate surface area is 112 Å². The van der Waals surface area contributed by atoms with Crippen LogP contribution in [0.1, 0.15) is 19.5 Å². The van der Waals surface area contributed by atoms with Gasteiger partial charge in [0.2, 0.25) is 0 Å². The van der Waals surface area contributed by atoms with Crippen LogP contribution in [-0.2, 0) is 13.6 Å². The van der Waals surface area contributed by atoms with Crippen molar-refractivity contribution in [1.82, 2.24) is 4.73 Å². The van der Waals surface area contributed by atoms with Gasteiger partial charge in [0, 0.05) is 5.39 Å². The van der Waals surface area contributed by atoms with Crippen molar-refractivity contribution in [3.63, 3.8) is 0 Å². The molecule has 0 atom stereocenters. The molecule has 0 aliphatic heterocycles. The Morgan fingerprint density at radius 1 is 1.21 bits per heavy atom. The van der Waals surface area contributed by atoms with Crippen molar-refractivity contribution in [3.8, 4) is 0 Å². The van der Waals surface area contributed by atoms with Gasteiger partial charge >= 0.3 is 7.60 Å². The highest BCUT2D eigenvalue weighted by atomic mass is 31.2. The summed E-state index contributed by atoms with van der Waals surface area (Å²) >= 11 is 0. The molecule has 6 heteroatoms. The summed E-state index contributed by atoms with van der Waals surface area (Å²) in [5.74, 6) is 0. The lowest BCUT2D eigenvalue weighted by Gasteiger charge is -2.17. The van der Waals surface area contributed by atoms with Crippen molar-refractivity contribution in [2.75, 3.05) is 13.2 Å². The van der Waals surface area contributed by atoms with E-state index in [0.717, 1.165) is 4.73 Å². The molecule has 0 aliphatic rings. The monoisotopic (exact) mass is 283 g/mol. The zero-order chi connectivity index (χ0) is 14.0. The number of benzene rings is 1. The lowest BCUT2D eigenvalue weighted by Crippen LogP contribution is -2.13. The fourth-order valence-electron chi connectivity index (χ4n) is 2.19. The Bertz CT molecular complexity index is 625. The molecule has 2 rings (SSSR count). The summed E-state index contributed by atoms with van der Waals surface area (Å²) in [4.78, 5) is 0. The Morgan fingerprint density at radius 3 is 2.37 bits per heavy atom. The van der Waals surface area contributed by atoms with Crippen LogP contribution in [0.2, 0.25) is 0 Å². The lowest BCUT2D eigenvalue weighted by atomic mass is 10.2. The maximum absolute atomic E-state index is 12.9. The van der Waals surface area contributed by atoms with Gasteiger partial charge in [-0.15, -0.1) is 0 Å². The normalized spacial score (nSPS) is 12.2. The number of hydrogen-bond acceptors (Lipinski definition) is 4. The van der Waals surface area contributed by atoms with E-state index in [1.165, 1.54) is 0 Å². The number of nitrogens with zero attached hydrogens (tertiary/aromatic N) is 1. The summed E-state index contributed by atoms with van der Waals surface area (Å²) in [5, 5.41) is 11.2. The van der Waals surface area contributed by atoms with Gasteiger partial charge in [-0.2, -0.15) is 4.73 Å². The first-order valence-corrected chi connectivity index (χ1v) is 7.78. The van der Waals surface area contributed by atoms with Crippen LogP contribution in [0.5, 0.6) is 0 Å². The van der Waals surface area contributed by atoms with E-state index in [1.807, 2.05) is 12.1 Å². The Balaban J connectivity index is 2.73. The molecule has 0 unspecified atom stereocenters. The van der Waals surface area contributed by atoms with E-state index >= 15 is 0 Å². The van der Waals surface area contributed by atoms with Crippen molar-refractivity contribution in [1.29, 1.82) is 0 Å². The number of fused-ring (bicyclic) bond motifs is 1. The summed E-state index contributed by atoms with van der Waals surface area (Å²) < 4.78 is 24.7. The van der Waals surface area contributed by atoms with Gasteiger partial charge < -0.3 is 14.3 Å². The topological polar surface area (TPSA) is 60.7 Å². The maximum atomic E-state index is 12.9. The number of rotatable bonds is 5. The number of para-hydroxylation sites is 1. The second kappa shape index (κ2) is 5.37. The molecule has 19 heavy (non-hydrogen) atoms. The van der Waals surface area contributed by atoms with E-state index in [4.69, 9.17) is 9.05 Å². The van der Waals surface area contributed by atoms with Gasteiger partial charge in [0.05, 0.1) is 29.7 Å². The van der Waals surface area contributed by atoms with Crippen LogP contribution in [0.3, 0.4) is 0 Å². The van der Waals surface area contributed by atoms with Crippen LogP contribution in [0.25, 0.3) is 10.9 Å². The van der Waals surface area contributed by atoms with Crippen LogP contribution < -0.4 is 5.30 Å². The van der Waals surface area contributed by atoms with E-state index in [1.54, 1.807) is 32.9 Å². The largest absolute Gasteiger partial charge is 0.428 e. The third kappa shape index (κ3) is 2.29. The first kappa shape index (κ1) is 14.1. The minimum absolute atomic E-state index is 0.279. The van der Waals surface area contributed by atoms with Gasteiger partial charge in [0.1, 0.15) is 0 Å². The molecule has 1 N–H and O–H groups in total. The van der Waals surface area contributed by atoms with E-state index in [0.29, 0.717) is 21.9 Å². The molecule has 0 fully saturated rings. The third-order valence-corrected chi connectivity index (χ3v) is 5.23. The zero-order valence-electron chi connectivity index (χ0n) is 11.3. The van der Waals surface area contributed by atoms with Gasteiger partial charge in [-0.3, -0.25) is 4.57 Å². The Hall–Kier alpha value is -1.29. The quantitative estimate of drug-likeness (QED) is 0.676. The molecule has 0 spiro atoms. The van der Waals surface area contributed by atoms with Crippen LogP contribution >= 0.6 is 7.60 Å². The SMILES string of the molecule is CCOP(=O)(OCC)c1c(C)n(O)c2ccccc12. The molecule has 0 aliphatic carbocycles. The summed E-state index contributed by atoms with van der Waals surface area (Å²) in [7, 11) is -3.41. The van der Waals surface area contributed by atoms with Gasteiger partial charge in [-0.25, -0.2) is 0 Å². The number of aromatic nitrogens is 1. The number of hydrogen-bond donors (Lipinski definition) is 1. The standard InChI is InChI=1S/C13H18NO4P/c1-4-17-19(16,18-5-2)13-10(3)14(15)12-9-7-6-8-11(12)13/h6-9,15H,4-5H2,1-3H3. The minimum atomic E-state index is -3.41. The predicted molar refractivity (Wildman–Crippen MR) is 74.4 cm³/mol. The molecule has 0 amide bonds. The lowest BCUT2D eigenvalue weighted by molar-refractivity contribution is 0.193. The third-order valence-electron chi connectivity index (χ3n) is 2.92. The first-order chi connectivity index (χ1) is 9.05. The summed E-state index contributed by atoms with van der Waals surface area (Å²) in [5.41, 5.74) is 1.07. The molecular formula is C13H18NO4P. The fraction of sp³-hybridized carbons (Fsp3) is 0.385. The van der Waals surface area contributed by atoms with E-state index < -0.39 is 7.60 Å². The fourth-order valence-corrected chi connectivity index (χ4v) is 4.17. The molecule has 0 saturated carbocycles. The second-order valence-corrected chi connectivity index (χ2v) is 6.05. The summed E-state index contributed by atoms with van der Waals surface area (Å²) in [6.07, 6.45) is 0. The first-order valence-electron chi connectivity index (χ1n) is 6.24. The highest BCUT2D eigenvalue weighted by molar-refractivity contribution is 7.62. The minimum Gasteiger partial charge on any atom is -0.428 e. The molecule has 104 valence electrons. The second-order valence-electron chi connectivity index (χ2n) is 4.10. The average Bonchev–Trinajstić information content (AvgIpc) is 2.64.